The van der Waals surface area contributed by atoms with Crippen LogP contribution in [0.5, 0.6) is 11.5 Å². The Morgan fingerprint density at radius 2 is 1.63 bits per heavy atom. The molecule has 8 unspecified atom stereocenters. The Labute approximate surface area is 353 Å². The summed E-state index contributed by atoms with van der Waals surface area (Å²) >= 11 is 0. The zero-order chi connectivity index (χ0) is 43.7. The van der Waals surface area contributed by atoms with E-state index in [1.165, 1.54) is 36.3 Å². The van der Waals surface area contributed by atoms with Gasteiger partial charge in [-0.1, -0.05) is 77.0 Å². The molecule has 5 N–H and O–H groups in total. The fourth-order valence-electron chi connectivity index (χ4n) is 11.7. The smallest absolute Gasteiger partial charge is 0.190 e. The average Bonchev–Trinajstić information content (AvgIpc) is 3.46. The van der Waals surface area contributed by atoms with Crippen LogP contribution in [0.3, 0.4) is 0 Å². The SMILES string of the molecule is CC(=CCCC(C)=CCCC(=CC(=O)c1cc(O)ccc1O)C(=O)CC(C)(O)C(O)CCC(C)C1CCC2(C)C3=CCC4C(C)(C)C(=O)CCC4(C)C3=CCC12C)CO. The van der Waals surface area contributed by atoms with Crippen molar-refractivity contribution in [1.29, 1.82) is 0 Å². The molecule has 0 spiro atoms. The van der Waals surface area contributed by atoms with E-state index in [9.17, 15) is 39.9 Å². The van der Waals surface area contributed by atoms with Crippen molar-refractivity contribution >= 4 is 17.3 Å². The summed E-state index contributed by atoms with van der Waals surface area (Å²) in [5, 5.41) is 52.7. The highest BCUT2D eigenvalue weighted by molar-refractivity contribution is 6.11. The molecule has 5 rings (SSSR count). The summed E-state index contributed by atoms with van der Waals surface area (Å²) in [5.74, 6) is -0.267. The Kier molecular flexibility index (Phi) is 14.0. The maximum Gasteiger partial charge on any atom is 0.190 e. The molecule has 8 nitrogen and oxygen atoms in total. The lowest BCUT2D eigenvalue weighted by Gasteiger charge is -2.59. The van der Waals surface area contributed by atoms with Crippen molar-refractivity contribution < 1.29 is 39.9 Å². The van der Waals surface area contributed by atoms with Crippen LogP contribution in [0, 0.1) is 39.4 Å². The predicted octanol–water partition coefficient (Wildman–Crippen LogP) is 10.2. The summed E-state index contributed by atoms with van der Waals surface area (Å²) in [6, 6.07) is 3.64. The van der Waals surface area contributed by atoms with Gasteiger partial charge in [-0.25, -0.2) is 0 Å². The van der Waals surface area contributed by atoms with Crippen molar-refractivity contribution in [1.82, 2.24) is 0 Å². The molecule has 324 valence electrons. The van der Waals surface area contributed by atoms with Crippen molar-refractivity contribution in [3.63, 3.8) is 0 Å². The van der Waals surface area contributed by atoms with Gasteiger partial charge in [0.2, 0.25) is 0 Å². The molecule has 8 heteroatoms. The molecule has 2 saturated carbocycles. The van der Waals surface area contributed by atoms with Crippen LogP contribution in [-0.2, 0) is 9.59 Å². The van der Waals surface area contributed by atoms with Crippen molar-refractivity contribution in [2.75, 3.05) is 6.61 Å². The monoisotopic (exact) mass is 813 g/mol. The molecule has 4 aliphatic carbocycles. The van der Waals surface area contributed by atoms with E-state index in [0.717, 1.165) is 62.2 Å². The molecule has 8 atom stereocenters. The molecule has 0 heterocycles. The summed E-state index contributed by atoms with van der Waals surface area (Å²) in [7, 11) is 0. The van der Waals surface area contributed by atoms with E-state index >= 15 is 0 Å². The summed E-state index contributed by atoms with van der Waals surface area (Å²) in [6.07, 6.45) is 17.4. The molecule has 0 aliphatic heterocycles. The second kappa shape index (κ2) is 17.8. The van der Waals surface area contributed by atoms with Crippen molar-refractivity contribution in [2.24, 2.45) is 39.4 Å². The lowest BCUT2D eigenvalue weighted by atomic mass is 9.44. The van der Waals surface area contributed by atoms with Crippen LogP contribution in [0.1, 0.15) is 156 Å². The maximum atomic E-state index is 13.9. The van der Waals surface area contributed by atoms with Crippen LogP contribution < -0.4 is 0 Å². The zero-order valence-electron chi connectivity index (χ0n) is 37.3. The number of aliphatic hydroxyl groups is 3. The average molecular weight is 813 g/mol. The number of benzene rings is 1. The first-order valence-electron chi connectivity index (χ1n) is 22.1. The quantitative estimate of drug-likeness (QED) is 0.0451. The largest absolute Gasteiger partial charge is 0.508 e. The van der Waals surface area contributed by atoms with Gasteiger partial charge >= 0.3 is 0 Å². The van der Waals surface area contributed by atoms with Gasteiger partial charge in [-0.05, 0) is 166 Å². The van der Waals surface area contributed by atoms with Crippen LogP contribution in [0.25, 0.3) is 0 Å². The summed E-state index contributed by atoms with van der Waals surface area (Å²) < 4.78 is 0. The number of allylic oxidation sites excluding steroid dienone is 9. The number of aromatic hydroxyl groups is 2. The Balaban J connectivity index is 1.26. The highest BCUT2D eigenvalue weighted by Crippen LogP contribution is 2.71. The van der Waals surface area contributed by atoms with Gasteiger partial charge in [0.15, 0.2) is 11.6 Å². The first-order valence-corrected chi connectivity index (χ1v) is 22.1. The predicted molar refractivity (Wildman–Crippen MR) is 234 cm³/mol. The van der Waals surface area contributed by atoms with E-state index in [0.29, 0.717) is 43.3 Å². The molecule has 0 aromatic heterocycles. The molecule has 0 amide bonds. The third-order valence-electron chi connectivity index (χ3n) is 16.0. The van der Waals surface area contributed by atoms with Crippen LogP contribution in [-0.4, -0.2) is 61.2 Å². The number of carbonyl (C=O) groups is 3. The van der Waals surface area contributed by atoms with Gasteiger partial charge in [-0.15, -0.1) is 0 Å². The third-order valence-corrected chi connectivity index (χ3v) is 16.0. The number of carbonyl (C=O) groups excluding carboxylic acids is 3. The van der Waals surface area contributed by atoms with Gasteiger partial charge in [-0.3, -0.25) is 14.4 Å². The standard InChI is InChI=1S/C51H72O8/c1-32(12-10-14-33(2)31-52)13-11-15-35(28-42(55)37-29-36(53)17-19-41(37)54)43(56)30-51(9,59)46(58)21-16-34(3)38-22-26-50(8)40-18-20-44-47(4,5)45(57)24-25-48(44,6)39(40)23-27-49(38,50)7/h13-14,17-19,23,28-29,34,38,44,46,52-54,58-59H,10-12,15-16,20-22,24-27,30-31H2,1-9H3. The molecule has 0 bridgehead atoms. The Morgan fingerprint density at radius 3 is 2.32 bits per heavy atom. The van der Waals surface area contributed by atoms with Gasteiger partial charge in [0.1, 0.15) is 17.3 Å². The molecule has 0 radical (unpaired) electrons. The maximum absolute atomic E-state index is 13.9. The van der Waals surface area contributed by atoms with Crippen LogP contribution in [0.2, 0.25) is 0 Å². The third kappa shape index (κ3) is 9.21. The highest BCUT2D eigenvalue weighted by Gasteiger charge is 2.63. The number of rotatable bonds is 17. The molecule has 4 aliphatic rings. The van der Waals surface area contributed by atoms with E-state index in [4.69, 9.17) is 0 Å². The van der Waals surface area contributed by atoms with Gasteiger partial charge in [0, 0.05) is 18.3 Å². The van der Waals surface area contributed by atoms with Crippen molar-refractivity contribution in [3.8, 4) is 11.5 Å². The minimum Gasteiger partial charge on any atom is -0.508 e. The van der Waals surface area contributed by atoms with E-state index in [2.05, 4.69) is 53.7 Å². The van der Waals surface area contributed by atoms with E-state index in [-0.39, 0.29) is 69.7 Å². The number of phenolic OH excluding ortho intramolecular Hbond substituents is 2. The highest BCUT2D eigenvalue weighted by atomic mass is 16.3. The fourth-order valence-corrected chi connectivity index (χ4v) is 11.7. The lowest BCUT2D eigenvalue weighted by Crippen LogP contribution is -2.53. The Morgan fingerprint density at radius 1 is 0.949 bits per heavy atom. The number of hydrogen-bond acceptors (Lipinski definition) is 8. The van der Waals surface area contributed by atoms with Gasteiger partial charge < -0.3 is 25.5 Å². The van der Waals surface area contributed by atoms with E-state index in [1.807, 2.05) is 26.0 Å². The van der Waals surface area contributed by atoms with Gasteiger partial charge in [-0.2, -0.15) is 0 Å². The molecule has 0 saturated heterocycles. The second-order valence-electron chi connectivity index (χ2n) is 20.3. The minimum atomic E-state index is -1.75. The normalized spacial score (nSPS) is 30.3. The van der Waals surface area contributed by atoms with Gasteiger partial charge in [0.05, 0.1) is 23.9 Å². The molecule has 1 aromatic rings. The molecular weight excluding hydrogens is 741 g/mol. The van der Waals surface area contributed by atoms with E-state index < -0.39 is 23.3 Å². The number of Topliss-reactive ketones (excluding diaryl/α,β-unsaturated/α-hetero) is 2. The molecule has 2 fully saturated rings. The lowest BCUT2D eigenvalue weighted by molar-refractivity contribution is -0.138. The molecule has 59 heavy (non-hydrogen) atoms. The van der Waals surface area contributed by atoms with Crippen LogP contribution in [0.15, 0.2) is 76.4 Å². The second-order valence-corrected chi connectivity index (χ2v) is 20.3. The molecular formula is C51H72O8. The van der Waals surface area contributed by atoms with Crippen LogP contribution >= 0.6 is 0 Å². The Bertz CT molecular complexity index is 1940. The zero-order valence-corrected chi connectivity index (χ0v) is 37.3. The number of hydrogen-bond donors (Lipinski definition) is 5. The summed E-state index contributed by atoms with van der Waals surface area (Å²) in [5.41, 5.74) is 2.92. The number of ketones is 3. The number of aliphatic hydroxyl groups excluding tert-OH is 2. The van der Waals surface area contributed by atoms with Crippen molar-refractivity contribution in [2.45, 2.75) is 157 Å². The fraction of sp³-hybridized carbons (Fsp3) is 0.627. The number of phenols is 2. The summed E-state index contributed by atoms with van der Waals surface area (Å²) in [4.78, 5) is 40.3. The van der Waals surface area contributed by atoms with Crippen LogP contribution in [0.4, 0.5) is 0 Å². The summed E-state index contributed by atoms with van der Waals surface area (Å²) in [6.45, 7) is 19.2. The number of fused-ring (bicyclic) bond motifs is 5. The molecule has 1 aromatic carbocycles. The first-order chi connectivity index (χ1) is 27.5. The Hall–Kier alpha value is -3.59. The van der Waals surface area contributed by atoms with E-state index in [1.54, 1.807) is 0 Å². The first kappa shape index (κ1) is 46.5. The topological polar surface area (TPSA) is 152 Å². The van der Waals surface area contributed by atoms with Crippen molar-refractivity contribution in [3.05, 3.63) is 82.0 Å². The van der Waals surface area contributed by atoms with Gasteiger partial charge in [0.25, 0.3) is 0 Å². The minimum absolute atomic E-state index is 0.00526.